The molecule has 140 valence electrons. The van der Waals surface area contributed by atoms with Crippen LogP contribution in [0.3, 0.4) is 0 Å². The van der Waals surface area contributed by atoms with E-state index in [1.807, 2.05) is 14.1 Å². The zero-order valence-corrected chi connectivity index (χ0v) is 15.4. The third-order valence-corrected chi connectivity index (χ3v) is 3.93. The molecule has 9 heteroatoms. The third-order valence-electron chi connectivity index (χ3n) is 3.93. The van der Waals surface area contributed by atoms with Crippen LogP contribution in [0.4, 0.5) is 19.0 Å². The fraction of sp³-hybridized carbons (Fsp3) is 0.688. The molecule has 2 heterocycles. The zero-order chi connectivity index (χ0) is 19.0. The minimum atomic E-state index is -4.60. The van der Waals surface area contributed by atoms with Gasteiger partial charge >= 0.3 is 6.18 Å². The summed E-state index contributed by atoms with van der Waals surface area (Å²) in [6.07, 6.45) is -3.77. The van der Waals surface area contributed by atoms with Crippen LogP contribution < -0.4 is 5.32 Å². The van der Waals surface area contributed by atoms with Gasteiger partial charge in [-0.2, -0.15) is 22.7 Å². The summed E-state index contributed by atoms with van der Waals surface area (Å²) in [5.74, 6) is -0.784. The Morgan fingerprint density at radius 1 is 1.20 bits per heavy atom. The Labute approximate surface area is 145 Å². The molecule has 0 fully saturated rings. The lowest BCUT2D eigenvalue weighted by Gasteiger charge is -2.33. The average Bonchev–Trinajstić information content (AvgIpc) is 2.85. The van der Waals surface area contributed by atoms with Crippen molar-refractivity contribution < 1.29 is 13.2 Å². The Bertz CT molecular complexity index is 730. The molecule has 0 aliphatic carbocycles. The van der Waals surface area contributed by atoms with E-state index in [9.17, 15) is 13.2 Å². The normalized spacial score (nSPS) is 14.3. The van der Waals surface area contributed by atoms with Gasteiger partial charge < -0.3 is 10.2 Å². The molecule has 2 aromatic heterocycles. The monoisotopic (exact) mass is 358 g/mol. The second-order valence-corrected chi connectivity index (χ2v) is 7.58. The van der Waals surface area contributed by atoms with Crippen LogP contribution in [0.15, 0.2) is 6.07 Å². The maximum Gasteiger partial charge on any atom is 0.453 e. The fourth-order valence-electron chi connectivity index (χ4n) is 2.50. The number of fused-ring (bicyclic) bond motifs is 1. The molecule has 6 nitrogen and oxygen atoms in total. The predicted octanol–water partition coefficient (Wildman–Crippen LogP) is 3.23. The number of aromatic nitrogens is 4. The van der Waals surface area contributed by atoms with Crippen LogP contribution in [0.1, 0.15) is 38.7 Å². The van der Waals surface area contributed by atoms with Crippen LogP contribution in [0, 0.1) is 12.3 Å². The van der Waals surface area contributed by atoms with E-state index in [2.05, 4.69) is 46.1 Å². The zero-order valence-electron chi connectivity index (χ0n) is 15.4. The Hall–Kier alpha value is -1.90. The van der Waals surface area contributed by atoms with E-state index in [0.717, 1.165) is 17.5 Å². The summed E-state index contributed by atoms with van der Waals surface area (Å²) in [6, 6.07) is 1.73. The molecule has 0 aliphatic heterocycles. The van der Waals surface area contributed by atoms with Crippen LogP contribution in [-0.4, -0.2) is 51.2 Å². The van der Waals surface area contributed by atoms with Crippen LogP contribution in [0.2, 0.25) is 0 Å². The molecule has 0 saturated carbocycles. The molecule has 1 N–H and O–H groups in total. The van der Waals surface area contributed by atoms with Crippen molar-refractivity contribution in [3.8, 4) is 0 Å². The van der Waals surface area contributed by atoms with Gasteiger partial charge in [-0.05, 0) is 39.4 Å². The minimum absolute atomic E-state index is 0.0402. The SMILES string of the molecule is Cc1cc(N[C@H](CCN(C)C)C(C)(C)C)n2nc(C(F)(F)F)nc2n1. The van der Waals surface area contributed by atoms with Crippen molar-refractivity contribution in [2.75, 3.05) is 26.0 Å². The average molecular weight is 358 g/mol. The summed E-state index contributed by atoms with van der Waals surface area (Å²) >= 11 is 0. The second kappa shape index (κ2) is 6.78. The van der Waals surface area contributed by atoms with E-state index >= 15 is 0 Å². The summed E-state index contributed by atoms with van der Waals surface area (Å²) in [7, 11) is 3.98. The lowest BCUT2D eigenvalue weighted by molar-refractivity contribution is -0.144. The van der Waals surface area contributed by atoms with Crippen molar-refractivity contribution >= 4 is 11.6 Å². The Kier molecular flexibility index (Phi) is 5.27. The number of halogens is 3. The smallest absolute Gasteiger partial charge is 0.367 e. The van der Waals surface area contributed by atoms with Crippen molar-refractivity contribution in [3.05, 3.63) is 17.6 Å². The van der Waals surface area contributed by atoms with Crippen LogP contribution in [-0.2, 0) is 6.18 Å². The van der Waals surface area contributed by atoms with Gasteiger partial charge in [-0.25, -0.2) is 4.98 Å². The van der Waals surface area contributed by atoms with Gasteiger partial charge in [-0.15, -0.1) is 5.10 Å². The van der Waals surface area contributed by atoms with E-state index < -0.39 is 12.0 Å². The van der Waals surface area contributed by atoms with Crippen molar-refractivity contribution in [1.29, 1.82) is 0 Å². The summed E-state index contributed by atoms with van der Waals surface area (Å²) in [5.41, 5.74) is 0.490. The number of rotatable bonds is 5. The largest absolute Gasteiger partial charge is 0.453 e. The maximum atomic E-state index is 12.9. The number of nitrogens with zero attached hydrogens (tertiary/aromatic N) is 5. The molecular formula is C16H25F3N6. The van der Waals surface area contributed by atoms with E-state index in [1.54, 1.807) is 13.0 Å². The van der Waals surface area contributed by atoms with Crippen molar-refractivity contribution in [2.45, 2.75) is 46.3 Å². The van der Waals surface area contributed by atoms with Gasteiger partial charge in [0.2, 0.25) is 0 Å². The molecule has 2 rings (SSSR count). The number of hydrogen-bond acceptors (Lipinski definition) is 5. The standard InChI is InChI=1S/C16H25F3N6/c1-10-9-12(21-11(15(2,3)4)7-8-24(5)6)25-14(20-10)22-13(23-25)16(17,18)19/h9,11,21H,7-8H2,1-6H3/t11-/m1/s1. The molecule has 1 atom stereocenters. The molecule has 0 aliphatic rings. The highest BCUT2D eigenvalue weighted by atomic mass is 19.4. The summed E-state index contributed by atoms with van der Waals surface area (Å²) in [6.45, 7) is 8.85. The lowest BCUT2D eigenvalue weighted by atomic mass is 9.84. The summed E-state index contributed by atoms with van der Waals surface area (Å²) in [4.78, 5) is 9.65. The summed E-state index contributed by atoms with van der Waals surface area (Å²) < 4.78 is 39.9. The molecule has 25 heavy (non-hydrogen) atoms. The van der Waals surface area contributed by atoms with Gasteiger partial charge in [0.15, 0.2) is 0 Å². The molecule has 2 aromatic rings. The molecule has 0 bridgehead atoms. The summed E-state index contributed by atoms with van der Waals surface area (Å²) in [5, 5.41) is 6.95. The quantitative estimate of drug-likeness (QED) is 0.889. The van der Waals surface area contributed by atoms with Gasteiger partial charge in [0.05, 0.1) is 0 Å². The molecule has 0 amide bonds. The first-order chi connectivity index (χ1) is 11.4. The molecule has 0 spiro atoms. The number of hydrogen-bond donors (Lipinski definition) is 1. The van der Waals surface area contributed by atoms with Gasteiger partial charge in [0, 0.05) is 17.8 Å². The number of alkyl halides is 3. The highest BCUT2D eigenvalue weighted by molar-refractivity contribution is 5.46. The van der Waals surface area contributed by atoms with Gasteiger partial charge in [-0.1, -0.05) is 20.8 Å². The first-order valence-corrected chi connectivity index (χ1v) is 8.11. The van der Waals surface area contributed by atoms with Crippen molar-refractivity contribution in [1.82, 2.24) is 24.5 Å². The fourth-order valence-corrected chi connectivity index (χ4v) is 2.50. The Morgan fingerprint density at radius 2 is 1.84 bits per heavy atom. The maximum absolute atomic E-state index is 12.9. The third kappa shape index (κ3) is 4.81. The highest BCUT2D eigenvalue weighted by Gasteiger charge is 2.37. The van der Waals surface area contributed by atoms with Crippen molar-refractivity contribution in [2.24, 2.45) is 5.41 Å². The first-order valence-electron chi connectivity index (χ1n) is 8.11. The van der Waals surface area contributed by atoms with Crippen LogP contribution in [0.5, 0.6) is 0 Å². The van der Waals surface area contributed by atoms with Crippen molar-refractivity contribution in [3.63, 3.8) is 0 Å². The first kappa shape index (κ1) is 19.4. The van der Waals surface area contributed by atoms with Crippen LogP contribution in [0.25, 0.3) is 5.78 Å². The lowest BCUT2D eigenvalue weighted by Crippen LogP contribution is -2.37. The highest BCUT2D eigenvalue weighted by Crippen LogP contribution is 2.29. The molecule has 0 saturated heterocycles. The van der Waals surface area contributed by atoms with Gasteiger partial charge in [0.1, 0.15) is 5.82 Å². The van der Waals surface area contributed by atoms with E-state index in [4.69, 9.17) is 0 Å². The van der Waals surface area contributed by atoms with E-state index in [-0.39, 0.29) is 17.2 Å². The van der Waals surface area contributed by atoms with Gasteiger partial charge in [-0.3, -0.25) is 0 Å². The molecular weight excluding hydrogens is 333 g/mol. The van der Waals surface area contributed by atoms with Gasteiger partial charge in [0.25, 0.3) is 11.6 Å². The van der Waals surface area contributed by atoms with E-state index in [0.29, 0.717) is 11.5 Å². The predicted molar refractivity (Wildman–Crippen MR) is 90.6 cm³/mol. The number of aryl methyl sites for hydroxylation is 1. The van der Waals surface area contributed by atoms with Crippen LogP contribution >= 0.6 is 0 Å². The second-order valence-electron chi connectivity index (χ2n) is 7.58. The molecule has 0 radical (unpaired) electrons. The Balaban J connectivity index is 2.42. The number of nitrogens with one attached hydrogen (secondary N) is 1. The molecule has 0 unspecified atom stereocenters. The topological polar surface area (TPSA) is 58.4 Å². The Morgan fingerprint density at radius 3 is 2.36 bits per heavy atom. The van der Waals surface area contributed by atoms with E-state index in [1.165, 1.54) is 0 Å². The molecule has 0 aromatic carbocycles. The minimum Gasteiger partial charge on any atom is -0.367 e. The number of anilines is 1.